The normalized spacial score (nSPS) is 14.7. The maximum Gasteiger partial charge on any atom is 0.344 e. The molecule has 1 aliphatic heterocycles. The van der Waals surface area contributed by atoms with Crippen molar-refractivity contribution >= 4 is 17.6 Å². The number of hydrogen-bond donors (Lipinski definition) is 2. The number of aryl methyl sites for hydroxylation is 2. The summed E-state index contributed by atoms with van der Waals surface area (Å²) in [6.07, 6.45) is 0.689. The zero-order chi connectivity index (χ0) is 19.1. The van der Waals surface area contributed by atoms with Crippen molar-refractivity contribution in [1.29, 1.82) is 0 Å². The quantitative estimate of drug-likeness (QED) is 0.827. The summed E-state index contributed by atoms with van der Waals surface area (Å²) in [7, 11) is 0. The summed E-state index contributed by atoms with van der Waals surface area (Å²) in [6.45, 7) is 7.51. The van der Waals surface area contributed by atoms with Crippen molar-refractivity contribution in [2.24, 2.45) is 0 Å². The van der Waals surface area contributed by atoms with Gasteiger partial charge in [0.25, 0.3) is 5.56 Å². The Balaban J connectivity index is 1.78. The Labute approximate surface area is 151 Å². The fraction of sp³-hybridized carbons (Fsp3) is 0.350. The molecule has 6 nitrogen and oxygen atoms in total. The molecule has 0 spiro atoms. The number of H-pyrrole nitrogens is 1. The number of fused-ring (bicyclic) bond motifs is 1. The number of hydrogen-bond acceptors (Lipinski definition) is 4. The molecule has 0 saturated heterocycles. The van der Waals surface area contributed by atoms with Crippen LogP contribution >= 0.6 is 0 Å². The van der Waals surface area contributed by atoms with Gasteiger partial charge in [0.15, 0.2) is 0 Å². The predicted octanol–water partition coefficient (Wildman–Crippen LogP) is 2.83. The zero-order valence-corrected chi connectivity index (χ0v) is 15.4. The van der Waals surface area contributed by atoms with Crippen LogP contribution in [0.3, 0.4) is 0 Å². The van der Waals surface area contributed by atoms with Gasteiger partial charge in [0.2, 0.25) is 5.91 Å². The van der Waals surface area contributed by atoms with Crippen LogP contribution in [0.5, 0.6) is 0 Å². The molecule has 0 fully saturated rings. The number of carbonyl (C=O) groups is 2. The van der Waals surface area contributed by atoms with Crippen LogP contribution in [-0.4, -0.2) is 16.9 Å². The van der Waals surface area contributed by atoms with Gasteiger partial charge in [-0.2, -0.15) is 0 Å². The Bertz CT molecular complexity index is 957. The van der Waals surface area contributed by atoms with Gasteiger partial charge >= 0.3 is 5.97 Å². The second-order valence-electron chi connectivity index (χ2n) is 7.06. The molecule has 2 aromatic rings. The SMILES string of the molecule is CCc1[nH]c(=O)c(C(=O)OCc2ccc3c(c2)C(C)(C)C(=O)N3)cc1C. The second kappa shape index (κ2) is 6.44. The summed E-state index contributed by atoms with van der Waals surface area (Å²) in [6, 6.07) is 7.02. The van der Waals surface area contributed by atoms with Crippen molar-refractivity contribution in [3.8, 4) is 0 Å². The first-order valence-electron chi connectivity index (χ1n) is 8.58. The van der Waals surface area contributed by atoms with Gasteiger partial charge in [-0.1, -0.05) is 13.0 Å². The van der Waals surface area contributed by atoms with Crippen molar-refractivity contribution in [1.82, 2.24) is 4.98 Å². The molecule has 2 heterocycles. The van der Waals surface area contributed by atoms with Crippen molar-refractivity contribution < 1.29 is 14.3 Å². The Morgan fingerprint density at radius 2 is 1.92 bits per heavy atom. The lowest BCUT2D eigenvalue weighted by Crippen LogP contribution is -2.26. The van der Waals surface area contributed by atoms with Crippen LogP contribution in [0.25, 0.3) is 0 Å². The van der Waals surface area contributed by atoms with E-state index < -0.39 is 16.9 Å². The number of esters is 1. The van der Waals surface area contributed by atoms with Gasteiger partial charge in [0.05, 0.1) is 5.41 Å². The highest BCUT2D eigenvalue weighted by molar-refractivity contribution is 6.05. The minimum Gasteiger partial charge on any atom is -0.457 e. The van der Waals surface area contributed by atoms with E-state index in [2.05, 4.69) is 10.3 Å². The molecule has 1 aromatic carbocycles. The number of pyridine rings is 1. The van der Waals surface area contributed by atoms with Crippen LogP contribution in [0, 0.1) is 6.92 Å². The lowest BCUT2D eigenvalue weighted by molar-refractivity contribution is -0.119. The highest BCUT2D eigenvalue weighted by Gasteiger charge is 2.38. The predicted molar refractivity (Wildman–Crippen MR) is 98.4 cm³/mol. The summed E-state index contributed by atoms with van der Waals surface area (Å²) in [5.41, 5.74) is 3.00. The molecule has 3 rings (SSSR count). The number of ether oxygens (including phenoxy) is 1. The number of benzene rings is 1. The smallest absolute Gasteiger partial charge is 0.344 e. The molecule has 6 heteroatoms. The monoisotopic (exact) mass is 354 g/mol. The summed E-state index contributed by atoms with van der Waals surface area (Å²) in [5, 5.41) is 2.84. The van der Waals surface area contributed by atoms with Crippen molar-refractivity contribution in [2.75, 3.05) is 5.32 Å². The minimum atomic E-state index is -0.661. The van der Waals surface area contributed by atoms with Crippen LogP contribution < -0.4 is 10.9 Å². The van der Waals surface area contributed by atoms with Gasteiger partial charge in [-0.3, -0.25) is 9.59 Å². The maximum atomic E-state index is 12.3. The van der Waals surface area contributed by atoms with Crippen LogP contribution in [-0.2, 0) is 28.0 Å². The first kappa shape index (κ1) is 17.9. The first-order chi connectivity index (χ1) is 12.2. The molecule has 0 radical (unpaired) electrons. The second-order valence-corrected chi connectivity index (χ2v) is 7.06. The van der Waals surface area contributed by atoms with E-state index in [1.807, 2.05) is 33.8 Å². The van der Waals surface area contributed by atoms with E-state index in [4.69, 9.17) is 4.74 Å². The highest BCUT2D eigenvalue weighted by Crippen LogP contribution is 2.37. The molecule has 0 atom stereocenters. The third-order valence-electron chi connectivity index (χ3n) is 4.86. The molecular formula is C20H22N2O4. The van der Waals surface area contributed by atoms with Gasteiger partial charge in [-0.15, -0.1) is 0 Å². The number of aromatic amines is 1. The number of anilines is 1. The van der Waals surface area contributed by atoms with E-state index in [9.17, 15) is 14.4 Å². The molecule has 2 N–H and O–H groups in total. The molecule has 1 amide bonds. The maximum absolute atomic E-state index is 12.3. The molecule has 136 valence electrons. The highest BCUT2D eigenvalue weighted by atomic mass is 16.5. The van der Waals surface area contributed by atoms with E-state index in [0.717, 1.165) is 28.1 Å². The van der Waals surface area contributed by atoms with E-state index in [-0.39, 0.29) is 18.1 Å². The topological polar surface area (TPSA) is 88.3 Å². The van der Waals surface area contributed by atoms with Crippen LogP contribution in [0.15, 0.2) is 29.1 Å². The lowest BCUT2D eigenvalue weighted by Gasteiger charge is -2.16. The number of aromatic nitrogens is 1. The van der Waals surface area contributed by atoms with Crippen molar-refractivity contribution in [3.05, 3.63) is 62.6 Å². The number of rotatable bonds is 4. The number of nitrogens with one attached hydrogen (secondary N) is 2. The third kappa shape index (κ3) is 3.03. The standard InChI is InChI=1S/C20H22N2O4/c1-5-15-11(2)8-13(17(23)21-15)18(24)26-10-12-6-7-16-14(9-12)20(3,4)19(25)22-16/h6-9H,5,10H2,1-4H3,(H,21,23)(H,22,25). The summed E-state index contributed by atoms with van der Waals surface area (Å²) in [4.78, 5) is 39.1. The fourth-order valence-electron chi connectivity index (χ4n) is 3.13. The molecule has 0 aliphatic carbocycles. The molecular weight excluding hydrogens is 332 g/mol. The largest absolute Gasteiger partial charge is 0.457 e. The number of carbonyl (C=O) groups excluding carboxylic acids is 2. The van der Waals surface area contributed by atoms with Crippen LogP contribution in [0.1, 0.15) is 53.5 Å². The van der Waals surface area contributed by atoms with Gasteiger partial charge < -0.3 is 15.0 Å². The van der Waals surface area contributed by atoms with Crippen LogP contribution in [0.4, 0.5) is 5.69 Å². The Hall–Kier alpha value is -2.89. The molecule has 0 saturated carbocycles. The molecule has 0 bridgehead atoms. The van der Waals surface area contributed by atoms with Gasteiger partial charge in [0, 0.05) is 11.4 Å². The van der Waals surface area contributed by atoms with Gasteiger partial charge in [-0.05, 0) is 62.1 Å². The summed E-state index contributed by atoms with van der Waals surface area (Å²) >= 11 is 0. The van der Waals surface area contributed by atoms with Crippen molar-refractivity contribution in [3.63, 3.8) is 0 Å². The molecule has 1 aliphatic rings. The lowest BCUT2D eigenvalue weighted by atomic mass is 9.85. The average Bonchev–Trinajstić information content (AvgIpc) is 2.83. The zero-order valence-electron chi connectivity index (χ0n) is 15.4. The average molecular weight is 354 g/mol. The number of amides is 1. The third-order valence-corrected chi connectivity index (χ3v) is 4.86. The molecule has 1 aromatic heterocycles. The minimum absolute atomic E-state index is 0.00182. The first-order valence-corrected chi connectivity index (χ1v) is 8.58. The van der Waals surface area contributed by atoms with E-state index in [1.54, 1.807) is 18.2 Å². The summed E-state index contributed by atoms with van der Waals surface area (Å²) < 4.78 is 5.31. The fourth-order valence-corrected chi connectivity index (χ4v) is 3.13. The van der Waals surface area contributed by atoms with Crippen molar-refractivity contribution in [2.45, 2.75) is 46.1 Å². The molecule has 0 unspecified atom stereocenters. The van der Waals surface area contributed by atoms with Crippen LogP contribution in [0.2, 0.25) is 0 Å². The van der Waals surface area contributed by atoms with Gasteiger partial charge in [0.1, 0.15) is 12.2 Å². The summed E-state index contributed by atoms with van der Waals surface area (Å²) in [5.74, 6) is -0.717. The van der Waals surface area contributed by atoms with E-state index in [0.29, 0.717) is 6.42 Å². The van der Waals surface area contributed by atoms with E-state index >= 15 is 0 Å². The van der Waals surface area contributed by atoms with E-state index in [1.165, 1.54) is 0 Å². The Morgan fingerprint density at radius 1 is 1.19 bits per heavy atom. The Kier molecular flexibility index (Phi) is 4.44. The van der Waals surface area contributed by atoms with Gasteiger partial charge in [-0.25, -0.2) is 4.79 Å². The Morgan fingerprint density at radius 3 is 2.62 bits per heavy atom. The molecule has 26 heavy (non-hydrogen) atoms.